The summed E-state index contributed by atoms with van der Waals surface area (Å²) >= 11 is 0. The largest absolute Gasteiger partial charge is 0.480 e. The van der Waals surface area contributed by atoms with Crippen LogP contribution in [0, 0.1) is 0 Å². The van der Waals surface area contributed by atoms with Crippen molar-refractivity contribution in [3.8, 4) is 0 Å². The third-order valence-electron chi connectivity index (χ3n) is 4.65. The maximum atomic E-state index is 11.6. The van der Waals surface area contributed by atoms with Gasteiger partial charge in [-0.3, -0.25) is 33.8 Å². The summed E-state index contributed by atoms with van der Waals surface area (Å²) in [4.78, 5) is 56.0. The van der Waals surface area contributed by atoms with Gasteiger partial charge in [-0.2, -0.15) is 0 Å². The number of hydrogen-bond donors (Lipinski definition) is 4. The van der Waals surface area contributed by atoms with Crippen LogP contribution in [0.3, 0.4) is 0 Å². The maximum absolute atomic E-state index is 11.6. The summed E-state index contributed by atoms with van der Waals surface area (Å²) in [5.74, 6) is -4.92. The van der Waals surface area contributed by atoms with Crippen LogP contribution in [0.15, 0.2) is 72.8 Å². The van der Waals surface area contributed by atoms with Crippen molar-refractivity contribution in [2.45, 2.75) is 0 Å². The fourth-order valence-corrected chi connectivity index (χ4v) is 3.02. The monoisotopic (exact) mass is 526 g/mol. The molecule has 0 aliphatic carbocycles. The SMILES string of the molecule is O=C(/C=C\c1ccccc1)/C=C/c1ccccc1.O=C(O)CN(CCN(CC(=O)O)CC(=O)O)CC(=O)O. The average molecular weight is 527 g/mol. The van der Waals surface area contributed by atoms with Gasteiger partial charge in [0.1, 0.15) is 0 Å². The number of benzene rings is 2. The van der Waals surface area contributed by atoms with E-state index in [1.807, 2.05) is 72.8 Å². The van der Waals surface area contributed by atoms with Gasteiger partial charge in [-0.25, -0.2) is 0 Å². The number of hydrogen-bond acceptors (Lipinski definition) is 7. The number of carbonyl (C=O) groups is 5. The van der Waals surface area contributed by atoms with Gasteiger partial charge in [0.05, 0.1) is 26.2 Å². The van der Waals surface area contributed by atoms with Crippen LogP contribution >= 0.6 is 0 Å². The fourth-order valence-electron chi connectivity index (χ4n) is 3.02. The van der Waals surface area contributed by atoms with Crippen molar-refractivity contribution in [3.05, 3.63) is 83.9 Å². The first kappa shape index (κ1) is 31.4. The van der Waals surface area contributed by atoms with Crippen LogP contribution in [0.5, 0.6) is 0 Å². The molecule has 2 aromatic carbocycles. The molecular formula is C27H30N2O9. The molecule has 0 fully saturated rings. The highest BCUT2D eigenvalue weighted by Gasteiger charge is 2.18. The van der Waals surface area contributed by atoms with Gasteiger partial charge in [0.15, 0.2) is 5.78 Å². The lowest BCUT2D eigenvalue weighted by molar-refractivity contribution is -0.145. The van der Waals surface area contributed by atoms with Crippen LogP contribution in [-0.4, -0.2) is 99.2 Å². The summed E-state index contributed by atoms with van der Waals surface area (Å²) in [5, 5.41) is 34.5. The van der Waals surface area contributed by atoms with Crippen LogP contribution in [0.4, 0.5) is 0 Å². The molecule has 0 spiro atoms. The summed E-state index contributed by atoms with van der Waals surface area (Å²) in [5.41, 5.74) is 2.05. The highest BCUT2D eigenvalue weighted by molar-refractivity contribution is 6.04. The average Bonchev–Trinajstić information content (AvgIpc) is 2.85. The van der Waals surface area contributed by atoms with E-state index in [4.69, 9.17) is 20.4 Å². The molecule has 0 bridgehead atoms. The van der Waals surface area contributed by atoms with Gasteiger partial charge in [0.2, 0.25) is 0 Å². The van der Waals surface area contributed by atoms with Gasteiger partial charge in [-0.05, 0) is 23.3 Å². The molecule has 0 atom stereocenters. The van der Waals surface area contributed by atoms with Crippen LogP contribution < -0.4 is 0 Å². The van der Waals surface area contributed by atoms with Crippen molar-refractivity contribution >= 4 is 41.8 Å². The number of carbonyl (C=O) groups excluding carboxylic acids is 1. The Morgan fingerprint density at radius 2 is 0.816 bits per heavy atom. The van der Waals surface area contributed by atoms with E-state index in [0.29, 0.717) is 0 Å². The first-order chi connectivity index (χ1) is 18.0. The van der Waals surface area contributed by atoms with E-state index in [9.17, 15) is 24.0 Å². The Balaban J connectivity index is 0.000000381. The molecule has 11 nitrogen and oxygen atoms in total. The number of carboxylic acids is 4. The second-order valence-corrected chi connectivity index (χ2v) is 7.89. The minimum absolute atomic E-state index is 0.0114. The van der Waals surface area contributed by atoms with E-state index < -0.39 is 50.1 Å². The van der Waals surface area contributed by atoms with Crippen molar-refractivity contribution in [1.29, 1.82) is 0 Å². The Bertz CT molecular complexity index is 996. The number of carboxylic acid groups (broad SMARTS) is 4. The molecule has 202 valence electrons. The first-order valence-electron chi connectivity index (χ1n) is 11.4. The molecule has 4 N–H and O–H groups in total. The Labute approximate surface area is 219 Å². The zero-order valence-electron chi connectivity index (χ0n) is 20.6. The molecule has 11 heteroatoms. The predicted octanol–water partition coefficient (Wildman–Crippen LogP) is 1.91. The lowest BCUT2D eigenvalue weighted by Gasteiger charge is -2.23. The van der Waals surface area contributed by atoms with Gasteiger partial charge >= 0.3 is 23.9 Å². The van der Waals surface area contributed by atoms with E-state index in [2.05, 4.69) is 0 Å². The van der Waals surface area contributed by atoms with Crippen LogP contribution in [-0.2, 0) is 24.0 Å². The quantitative estimate of drug-likeness (QED) is 0.250. The Morgan fingerprint density at radius 3 is 1.08 bits per heavy atom. The lowest BCUT2D eigenvalue weighted by Crippen LogP contribution is -2.43. The minimum Gasteiger partial charge on any atom is -0.480 e. The predicted molar refractivity (Wildman–Crippen MR) is 139 cm³/mol. The molecule has 0 aromatic heterocycles. The summed E-state index contributed by atoms with van der Waals surface area (Å²) in [6.45, 7) is -2.25. The molecule has 0 heterocycles. The number of rotatable bonds is 15. The third-order valence-corrected chi connectivity index (χ3v) is 4.65. The van der Waals surface area contributed by atoms with Gasteiger partial charge in [-0.15, -0.1) is 0 Å². The van der Waals surface area contributed by atoms with Crippen LogP contribution in [0.25, 0.3) is 12.2 Å². The van der Waals surface area contributed by atoms with Crippen molar-refractivity contribution in [3.63, 3.8) is 0 Å². The number of aliphatic carboxylic acids is 4. The lowest BCUT2D eigenvalue weighted by atomic mass is 10.1. The molecule has 2 rings (SSSR count). The molecule has 0 amide bonds. The van der Waals surface area contributed by atoms with Crippen molar-refractivity contribution in [1.82, 2.24) is 9.80 Å². The van der Waals surface area contributed by atoms with Crippen molar-refractivity contribution < 1.29 is 44.4 Å². The smallest absolute Gasteiger partial charge is 0.317 e. The minimum atomic E-state index is -1.23. The molecule has 0 aliphatic rings. The summed E-state index contributed by atoms with van der Waals surface area (Å²) in [7, 11) is 0. The second kappa shape index (κ2) is 17.8. The maximum Gasteiger partial charge on any atom is 0.317 e. The van der Waals surface area contributed by atoms with E-state index in [1.165, 1.54) is 0 Å². The molecule has 0 unspecified atom stereocenters. The van der Waals surface area contributed by atoms with Crippen LogP contribution in [0.1, 0.15) is 11.1 Å². The molecule has 38 heavy (non-hydrogen) atoms. The first-order valence-corrected chi connectivity index (χ1v) is 11.4. The fraction of sp³-hybridized carbons (Fsp3) is 0.222. The molecule has 0 saturated heterocycles. The number of ketones is 1. The Kier molecular flexibility index (Phi) is 14.7. The number of allylic oxidation sites excluding steroid dienone is 2. The normalized spacial score (nSPS) is 10.9. The van der Waals surface area contributed by atoms with E-state index in [-0.39, 0.29) is 18.9 Å². The number of nitrogens with zero attached hydrogens (tertiary/aromatic N) is 2. The van der Waals surface area contributed by atoms with E-state index in [0.717, 1.165) is 20.9 Å². The van der Waals surface area contributed by atoms with Gasteiger partial charge in [0, 0.05) is 13.1 Å². The third kappa shape index (κ3) is 16.1. The van der Waals surface area contributed by atoms with Gasteiger partial charge in [0.25, 0.3) is 0 Å². The van der Waals surface area contributed by atoms with Crippen molar-refractivity contribution in [2.24, 2.45) is 0 Å². The van der Waals surface area contributed by atoms with E-state index >= 15 is 0 Å². The highest BCUT2D eigenvalue weighted by Crippen LogP contribution is 2.03. The standard InChI is InChI=1S/C17H14O.C10H16N2O8/c18-17(13-11-15-7-3-1-4-8-15)14-12-16-9-5-2-6-10-16;13-7(14)3-11(4-8(15)16)1-2-12(5-9(17)18)6-10(19)20/h1-14H;1-6H2,(H,13,14)(H,15,16)(H,17,18)(H,19,20)/b13-11-,14-12+;. The molecule has 0 radical (unpaired) electrons. The Morgan fingerprint density at radius 1 is 0.526 bits per heavy atom. The molecular weight excluding hydrogens is 496 g/mol. The zero-order valence-corrected chi connectivity index (χ0v) is 20.6. The zero-order chi connectivity index (χ0) is 28.3. The van der Waals surface area contributed by atoms with Gasteiger partial charge < -0.3 is 20.4 Å². The summed E-state index contributed by atoms with van der Waals surface area (Å²) < 4.78 is 0. The second-order valence-electron chi connectivity index (χ2n) is 7.89. The molecule has 0 saturated carbocycles. The van der Waals surface area contributed by atoms with Crippen molar-refractivity contribution in [2.75, 3.05) is 39.3 Å². The topological polar surface area (TPSA) is 173 Å². The summed E-state index contributed by atoms with van der Waals surface area (Å²) in [6.07, 6.45) is 6.79. The molecule has 2 aromatic rings. The summed E-state index contributed by atoms with van der Waals surface area (Å²) in [6, 6.07) is 19.6. The van der Waals surface area contributed by atoms with Gasteiger partial charge in [-0.1, -0.05) is 72.8 Å². The van der Waals surface area contributed by atoms with Crippen LogP contribution in [0.2, 0.25) is 0 Å². The Hall–Kier alpha value is -4.61. The van der Waals surface area contributed by atoms with E-state index in [1.54, 1.807) is 12.2 Å². The molecule has 0 aliphatic heterocycles. The highest BCUT2D eigenvalue weighted by atomic mass is 16.4.